The zero-order valence-electron chi connectivity index (χ0n) is 11.7. The van der Waals surface area contributed by atoms with Gasteiger partial charge in [-0.3, -0.25) is 4.79 Å². The molecule has 0 aromatic heterocycles. The Morgan fingerprint density at radius 2 is 2.20 bits per heavy atom. The molecule has 1 amide bonds. The molecular weight excluding hydrogens is 250 g/mol. The average molecular weight is 271 g/mol. The van der Waals surface area contributed by atoms with Gasteiger partial charge in [0, 0.05) is 18.0 Å². The minimum absolute atomic E-state index is 0.217. The van der Waals surface area contributed by atoms with E-state index in [9.17, 15) is 9.90 Å². The number of phenolic OH excluding ortho intramolecular Hbond substituents is 1. The summed E-state index contributed by atoms with van der Waals surface area (Å²) in [6.07, 6.45) is 8.07. The van der Waals surface area contributed by atoms with Gasteiger partial charge in [0.1, 0.15) is 5.75 Å². The third-order valence-electron chi connectivity index (χ3n) is 6.00. The molecule has 1 aromatic rings. The van der Waals surface area contributed by atoms with Gasteiger partial charge in [-0.2, -0.15) is 0 Å². The van der Waals surface area contributed by atoms with Crippen molar-refractivity contribution in [3.63, 3.8) is 0 Å². The molecule has 1 saturated carbocycles. The molecule has 2 bridgehead atoms. The number of benzene rings is 1. The summed E-state index contributed by atoms with van der Waals surface area (Å²) in [6.45, 7) is 0.875. The van der Waals surface area contributed by atoms with Gasteiger partial charge in [-0.1, -0.05) is 18.9 Å². The molecule has 3 nitrogen and oxygen atoms in total. The Hall–Kier alpha value is -1.51. The zero-order chi connectivity index (χ0) is 13.7. The van der Waals surface area contributed by atoms with E-state index in [0.717, 1.165) is 25.8 Å². The fraction of sp³-hybridized carbons (Fsp3) is 0.588. The molecule has 20 heavy (non-hydrogen) atoms. The molecule has 1 aliphatic heterocycles. The number of aromatic hydroxyl groups is 1. The van der Waals surface area contributed by atoms with Crippen molar-refractivity contribution in [1.29, 1.82) is 0 Å². The van der Waals surface area contributed by atoms with Crippen molar-refractivity contribution in [2.24, 2.45) is 5.92 Å². The molecule has 0 radical (unpaired) electrons. The molecule has 1 N–H and O–H groups in total. The maximum atomic E-state index is 11.4. The fourth-order valence-corrected chi connectivity index (χ4v) is 5.15. The van der Waals surface area contributed by atoms with Crippen molar-refractivity contribution in [3.8, 4) is 5.75 Å². The molecule has 3 atom stereocenters. The van der Waals surface area contributed by atoms with E-state index < -0.39 is 0 Å². The molecule has 0 spiro atoms. The van der Waals surface area contributed by atoms with Crippen LogP contribution in [-0.4, -0.2) is 29.0 Å². The first-order valence-electron chi connectivity index (χ1n) is 7.78. The normalized spacial score (nSPS) is 35.1. The number of hydrogen-bond acceptors (Lipinski definition) is 2. The van der Waals surface area contributed by atoms with Crippen LogP contribution < -0.4 is 0 Å². The van der Waals surface area contributed by atoms with Crippen molar-refractivity contribution >= 4 is 6.41 Å². The highest BCUT2D eigenvalue weighted by Gasteiger charge is 2.53. The molecule has 4 rings (SSSR count). The van der Waals surface area contributed by atoms with Crippen LogP contribution in [0.2, 0.25) is 0 Å². The topological polar surface area (TPSA) is 40.5 Å². The Kier molecular flexibility index (Phi) is 2.60. The number of fused-ring (bicyclic) bond motifs is 1. The van der Waals surface area contributed by atoms with E-state index in [1.54, 1.807) is 6.07 Å². The van der Waals surface area contributed by atoms with Crippen LogP contribution in [0.4, 0.5) is 0 Å². The fourth-order valence-electron chi connectivity index (χ4n) is 5.15. The number of carbonyl (C=O) groups is 1. The Morgan fingerprint density at radius 3 is 3.05 bits per heavy atom. The summed E-state index contributed by atoms with van der Waals surface area (Å²) < 4.78 is 0. The number of carbonyl (C=O) groups excluding carboxylic acids is 1. The largest absolute Gasteiger partial charge is 0.508 e. The van der Waals surface area contributed by atoms with Crippen molar-refractivity contribution < 1.29 is 9.90 Å². The van der Waals surface area contributed by atoms with Crippen LogP contribution in [-0.2, 0) is 16.6 Å². The van der Waals surface area contributed by atoms with Crippen LogP contribution in [0, 0.1) is 5.92 Å². The lowest BCUT2D eigenvalue weighted by atomic mass is 9.52. The minimum atomic E-state index is 0.217. The van der Waals surface area contributed by atoms with Crippen LogP contribution in [0.1, 0.15) is 43.2 Å². The van der Waals surface area contributed by atoms with E-state index in [1.807, 2.05) is 11.0 Å². The summed E-state index contributed by atoms with van der Waals surface area (Å²) in [5.74, 6) is 0.975. The Morgan fingerprint density at radius 1 is 1.30 bits per heavy atom. The molecule has 3 heteroatoms. The van der Waals surface area contributed by atoms with E-state index in [0.29, 0.717) is 17.7 Å². The van der Waals surface area contributed by atoms with Gasteiger partial charge in [-0.05, 0) is 54.9 Å². The second kappa shape index (κ2) is 4.24. The monoisotopic (exact) mass is 271 g/mol. The summed E-state index contributed by atoms with van der Waals surface area (Å²) in [4.78, 5) is 13.4. The van der Waals surface area contributed by atoms with Gasteiger partial charge in [0.2, 0.25) is 6.41 Å². The highest BCUT2D eigenvalue weighted by Crippen LogP contribution is 2.55. The maximum absolute atomic E-state index is 11.4. The van der Waals surface area contributed by atoms with E-state index >= 15 is 0 Å². The number of hydrogen-bond donors (Lipinski definition) is 1. The minimum Gasteiger partial charge on any atom is -0.508 e. The first-order chi connectivity index (χ1) is 9.74. The lowest BCUT2D eigenvalue weighted by molar-refractivity contribution is -0.126. The molecule has 1 aromatic carbocycles. The second-order valence-corrected chi connectivity index (χ2v) is 6.71. The van der Waals surface area contributed by atoms with Crippen molar-refractivity contribution in [1.82, 2.24) is 4.90 Å². The Balaban J connectivity index is 1.89. The third-order valence-corrected chi connectivity index (χ3v) is 6.00. The highest BCUT2D eigenvalue weighted by molar-refractivity contribution is 5.52. The van der Waals surface area contributed by atoms with Gasteiger partial charge in [-0.25, -0.2) is 0 Å². The third kappa shape index (κ3) is 1.49. The standard InChI is InChI=1S/C17H21NO2/c19-11-18-8-7-17-6-2-1-3-14(17)16(18)9-12-4-5-13(20)10-15(12)17/h4-5,10-11,14,16,20H,1-3,6-9H2/t14?,16-,17-/m0/s1. The van der Waals surface area contributed by atoms with Crippen molar-refractivity contribution in [2.45, 2.75) is 50.0 Å². The number of likely N-dealkylation sites (tertiary alicyclic amines) is 1. The van der Waals surface area contributed by atoms with Crippen LogP contribution >= 0.6 is 0 Å². The average Bonchev–Trinajstić information content (AvgIpc) is 2.48. The van der Waals surface area contributed by atoms with Crippen LogP contribution in [0.15, 0.2) is 18.2 Å². The summed E-state index contributed by atoms with van der Waals surface area (Å²) in [5, 5.41) is 9.90. The van der Waals surface area contributed by atoms with Gasteiger partial charge in [0.25, 0.3) is 0 Å². The number of amides is 1. The summed E-state index contributed by atoms with van der Waals surface area (Å²) >= 11 is 0. The predicted octanol–water partition coefficient (Wildman–Crippen LogP) is 2.61. The number of phenols is 1. The first kappa shape index (κ1) is 12.2. The molecular formula is C17H21NO2. The van der Waals surface area contributed by atoms with Crippen LogP contribution in [0.3, 0.4) is 0 Å². The molecule has 1 saturated heterocycles. The van der Waals surface area contributed by atoms with Gasteiger partial charge in [0.15, 0.2) is 0 Å². The van der Waals surface area contributed by atoms with Crippen LogP contribution in [0.25, 0.3) is 0 Å². The van der Waals surface area contributed by atoms with E-state index in [1.165, 1.54) is 36.8 Å². The molecule has 1 heterocycles. The quantitative estimate of drug-likeness (QED) is 0.798. The molecule has 1 unspecified atom stereocenters. The lowest BCUT2D eigenvalue weighted by Gasteiger charge is -2.58. The van der Waals surface area contributed by atoms with E-state index in [4.69, 9.17) is 0 Å². The van der Waals surface area contributed by atoms with Crippen molar-refractivity contribution in [3.05, 3.63) is 29.3 Å². The van der Waals surface area contributed by atoms with Gasteiger partial charge >= 0.3 is 0 Å². The van der Waals surface area contributed by atoms with Crippen LogP contribution in [0.5, 0.6) is 5.75 Å². The first-order valence-corrected chi connectivity index (χ1v) is 7.78. The van der Waals surface area contributed by atoms with E-state index in [-0.39, 0.29) is 5.41 Å². The van der Waals surface area contributed by atoms with Crippen molar-refractivity contribution in [2.75, 3.05) is 6.54 Å². The predicted molar refractivity (Wildman–Crippen MR) is 76.6 cm³/mol. The Labute approximate surface area is 119 Å². The van der Waals surface area contributed by atoms with Gasteiger partial charge < -0.3 is 10.0 Å². The Bertz CT molecular complexity index is 556. The summed E-state index contributed by atoms with van der Waals surface area (Å²) in [6, 6.07) is 6.23. The summed E-state index contributed by atoms with van der Waals surface area (Å²) in [7, 11) is 0. The van der Waals surface area contributed by atoms with Gasteiger partial charge in [0.05, 0.1) is 0 Å². The number of nitrogens with zero attached hydrogens (tertiary/aromatic N) is 1. The highest BCUT2D eigenvalue weighted by atomic mass is 16.3. The second-order valence-electron chi connectivity index (χ2n) is 6.71. The molecule has 106 valence electrons. The smallest absolute Gasteiger partial charge is 0.209 e. The molecule has 2 aliphatic carbocycles. The number of rotatable bonds is 1. The maximum Gasteiger partial charge on any atom is 0.209 e. The zero-order valence-corrected chi connectivity index (χ0v) is 11.7. The lowest BCUT2D eigenvalue weighted by Crippen LogP contribution is -2.60. The molecule has 2 fully saturated rings. The van der Waals surface area contributed by atoms with Gasteiger partial charge in [-0.15, -0.1) is 0 Å². The van der Waals surface area contributed by atoms with E-state index in [2.05, 4.69) is 6.07 Å². The number of piperidine rings is 1. The SMILES string of the molecule is O=CN1CC[C@@]23CCCCC2[C@@H]1Cc1ccc(O)cc13. The summed E-state index contributed by atoms with van der Waals surface area (Å²) in [5.41, 5.74) is 2.94. The molecule has 3 aliphatic rings.